The Labute approximate surface area is 113 Å². The Bertz CT molecular complexity index is 435. The molecule has 1 atom stereocenters. The van der Waals surface area contributed by atoms with Gasteiger partial charge in [-0.1, -0.05) is 0 Å². The van der Waals surface area contributed by atoms with Crippen molar-refractivity contribution in [3.05, 3.63) is 29.6 Å². The number of hydrogen-bond donors (Lipinski definition) is 1. The molecule has 1 unspecified atom stereocenters. The van der Waals surface area contributed by atoms with Crippen LogP contribution in [0.25, 0.3) is 0 Å². The summed E-state index contributed by atoms with van der Waals surface area (Å²) in [7, 11) is 4.96. The van der Waals surface area contributed by atoms with Crippen LogP contribution >= 0.6 is 0 Å². The molecule has 0 heterocycles. The molecule has 0 aliphatic heterocycles. The highest BCUT2D eigenvalue weighted by Crippen LogP contribution is 2.30. The summed E-state index contributed by atoms with van der Waals surface area (Å²) in [4.78, 5) is 13.1. The molecule has 0 bridgehead atoms. The predicted octanol–water partition coefficient (Wildman–Crippen LogP) is 1.75. The van der Waals surface area contributed by atoms with Gasteiger partial charge in [-0.05, 0) is 31.2 Å². The number of ether oxygens (including phenoxy) is 1. The van der Waals surface area contributed by atoms with Crippen molar-refractivity contribution in [1.29, 1.82) is 0 Å². The van der Waals surface area contributed by atoms with E-state index in [1.54, 1.807) is 20.2 Å². The quantitative estimate of drug-likeness (QED) is 0.855. The van der Waals surface area contributed by atoms with Crippen LogP contribution in [0.2, 0.25) is 0 Å². The molecule has 0 aromatic heterocycles. The third-order valence-corrected chi connectivity index (χ3v) is 3.12. The maximum atomic E-state index is 13.3. The van der Waals surface area contributed by atoms with Gasteiger partial charge in [0.1, 0.15) is 11.6 Å². The topological polar surface area (TPSA) is 55.6 Å². The summed E-state index contributed by atoms with van der Waals surface area (Å²) in [6, 6.07) is 4.36. The molecule has 0 saturated carbocycles. The summed E-state index contributed by atoms with van der Waals surface area (Å²) in [5.41, 5.74) is 6.46. The number of hydrogen-bond acceptors (Lipinski definition) is 3. The minimum Gasteiger partial charge on any atom is -0.496 e. The van der Waals surface area contributed by atoms with Gasteiger partial charge in [-0.25, -0.2) is 4.39 Å². The second kappa shape index (κ2) is 7.09. The van der Waals surface area contributed by atoms with E-state index in [9.17, 15) is 9.18 Å². The van der Waals surface area contributed by atoms with Crippen LogP contribution in [-0.4, -0.2) is 38.6 Å². The normalized spacial score (nSPS) is 12.1. The van der Waals surface area contributed by atoms with Crippen molar-refractivity contribution in [1.82, 2.24) is 4.90 Å². The average Bonchev–Trinajstić information content (AvgIpc) is 2.39. The van der Waals surface area contributed by atoms with Crippen LogP contribution in [0, 0.1) is 5.82 Å². The Morgan fingerprint density at radius 2 is 2.16 bits per heavy atom. The van der Waals surface area contributed by atoms with Crippen molar-refractivity contribution >= 4 is 5.91 Å². The van der Waals surface area contributed by atoms with Gasteiger partial charge in [0.05, 0.1) is 7.11 Å². The first-order valence-electron chi connectivity index (χ1n) is 6.23. The Balaban J connectivity index is 2.85. The van der Waals surface area contributed by atoms with Crippen molar-refractivity contribution in [3.8, 4) is 5.75 Å². The summed E-state index contributed by atoms with van der Waals surface area (Å²) >= 11 is 0. The van der Waals surface area contributed by atoms with E-state index < -0.39 is 0 Å². The minimum absolute atomic E-state index is 0.0359. The largest absolute Gasteiger partial charge is 0.496 e. The molecule has 106 valence electrons. The van der Waals surface area contributed by atoms with Crippen LogP contribution < -0.4 is 10.5 Å². The maximum Gasteiger partial charge on any atom is 0.222 e. The lowest BCUT2D eigenvalue weighted by atomic mass is 9.93. The molecular formula is C14H21FN2O2. The van der Waals surface area contributed by atoms with E-state index in [2.05, 4.69) is 0 Å². The van der Waals surface area contributed by atoms with Gasteiger partial charge in [-0.15, -0.1) is 0 Å². The number of nitrogens with zero attached hydrogens (tertiary/aromatic N) is 1. The number of methoxy groups -OCH3 is 1. The number of rotatable bonds is 6. The number of halogens is 1. The molecule has 1 amide bonds. The molecule has 0 aliphatic carbocycles. The van der Waals surface area contributed by atoms with Crippen molar-refractivity contribution in [2.24, 2.45) is 5.73 Å². The highest BCUT2D eigenvalue weighted by molar-refractivity contribution is 5.75. The molecule has 4 nitrogen and oxygen atoms in total. The van der Waals surface area contributed by atoms with Gasteiger partial charge in [-0.3, -0.25) is 4.79 Å². The van der Waals surface area contributed by atoms with Gasteiger partial charge in [-0.2, -0.15) is 0 Å². The minimum atomic E-state index is -0.326. The van der Waals surface area contributed by atoms with Crippen molar-refractivity contribution in [3.63, 3.8) is 0 Å². The van der Waals surface area contributed by atoms with Crippen molar-refractivity contribution in [2.45, 2.75) is 18.8 Å². The van der Waals surface area contributed by atoms with Gasteiger partial charge in [0.2, 0.25) is 5.91 Å². The van der Waals surface area contributed by atoms with Crippen molar-refractivity contribution in [2.75, 3.05) is 27.7 Å². The van der Waals surface area contributed by atoms with Gasteiger partial charge in [0.15, 0.2) is 0 Å². The SMILES string of the molecule is COc1ccc(F)cc1C(CN)CCC(=O)N(C)C. The monoisotopic (exact) mass is 268 g/mol. The van der Waals surface area contributed by atoms with E-state index in [4.69, 9.17) is 10.5 Å². The molecule has 0 fully saturated rings. The van der Waals surface area contributed by atoms with Crippen LogP contribution in [0.5, 0.6) is 5.75 Å². The van der Waals surface area contributed by atoms with E-state index >= 15 is 0 Å². The molecule has 0 aliphatic rings. The molecule has 5 heteroatoms. The first-order valence-corrected chi connectivity index (χ1v) is 6.23. The summed E-state index contributed by atoms with van der Waals surface area (Å²) < 4.78 is 18.6. The molecular weight excluding hydrogens is 247 g/mol. The lowest BCUT2D eigenvalue weighted by molar-refractivity contribution is -0.128. The second-order valence-corrected chi connectivity index (χ2v) is 4.65. The Kier molecular flexibility index (Phi) is 5.76. The smallest absolute Gasteiger partial charge is 0.222 e. The standard InChI is InChI=1S/C14H21FN2O2/c1-17(2)14(18)7-4-10(9-16)12-8-11(15)5-6-13(12)19-3/h5-6,8,10H,4,7,9,16H2,1-3H3. The lowest BCUT2D eigenvalue weighted by Gasteiger charge is -2.19. The van der Waals surface area contributed by atoms with Crippen LogP contribution in [0.4, 0.5) is 4.39 Å². The van der Waals surface area contributed by atoms with Gasteiger partial charge >= 0.3 is 0 Å². The summed E-state index contributed by atoms with van der Waals surface area (Å²) in [5.74, 6) is 0.228. The van der Waals surface area contributed by atoms with E-state index in [0.717, 1.165) is 5.56 Å². The Hall–Kier alpha value is -1.62. The van der Waals surface area contributed by atoms with Gasteiger partial charge in [0.25, 0.3) is 0 Å². The summed E-state index contributed by atoms with van der Waals surface area (Å²) in [5, 5.41) is 0. The van der Waals surface area contributed by atoms with E-state index in [-0.39, 0.29) is 17.6 Å². The second-order valence-electron chi connectivity index (χ2n) is 4.65. The van der Waals surface area contributed by atoms with Crippen LogP contribution in [-0.2, 0) is 4.79 Å². The number of carbonyl (C=O) groups excluding carboxylic acids is 1. The molecule has 0 radical (unpaired) electrons. The summed E-state index contributed by atoms with van der Waals surface area (Å²) in [6.07, 6.45) is 0.960. The number of carbonyl (C=O) groups is 1. The zero-order chi connectivity index (χ0) is 14.4. The van der Waals surface area contributed by atoms with Gasteiger partial charge in [0, 0.05) is 32.0 Å². The van der Waals surface area contributed by atoms with E-state index in [1.807, 2.05) is 0 Å². The Morgan fingerprint density at radius 1 is 1.47 bits per heavy atom. The molecule has 2 N–H and O–H groups in total. The first-order chi connectivity index (χ1) is 8.99. The predicted molar refractivity (Wildman–Crippen MR) is 72.7 cm³/mol. The fraction of sp³-hybridized carbons (Fsp3) is 0.500. The molecule has 1 aromatic rings. The number of amides is 1. The molecule has 0 spiro atoms. The third kappa shape index (κ3) is 4.21. The lowest BCUT2D eigenvalue weighted by Crippen LogP contribution is -2.23. The molecule has 0 saturated heterocycles. The van der Waals surface area contributed by atoms with Crippen LogP contribution in [0.1, 0.15) is 24.3 Å². The fourth-order valence-electron chi connectivity index (χ4n) is 1.95. The first kappa shape index (κ1) is 15.4. The highest BCUT2D eigenvalue weighted by Gasteiger charge is 2.17. The molecule has 19 heavy (non-hydrogen) atoms. The number of nitrogens with two attached hydrogens (primary N) is 1. The zero-order valence-electron chi connectivity index (χ0n) is 11.6. The Morgan fingerprint density at radius 3 is 2.68 bits per heavy atom. The summed E-state index contributed by atoms with van der Waals surface area (Å²) in [6.45, 7) is 0.348. The molecule has 1 rings (SSSR count). The average molecular weight is 268 g/mol. The van der Waals surface area contributed by atoms with Crippen molar-refractivity contribution < 1.29 is 13.9 Å². The zero-order valence-corrected chi connectivity index (χ0v) is 11.6. The maximum absolute atomic E-state index is 13.3. The van der Waals surface area contributed by atoms with Crippen LogP contribution in [0.3, 0.4) is 0 Å². The van der Waals surface area contributed by atoms with Gasteiger partial charge < -0.3 is 15.4 Å². The highest BCUT2D eigenvalue weighted by atomic mass is 19.1. The molecule has 1 aromatic carbocycles. The van der Waals surface area contributed by atoms with E-state index in [1.165, 1.54) is 24.1 Å². The number of benzene rings is 1. The third-order valence-electron chi connectivity index (χ3n) is 3.12. The fourth-order valence-corrected chi connectivity index (χ4v) is 1.95. The van der Waals surface area contributed by atoms with E-state index in [0.29, 0.717) is 25.1 Å². The van der Waals surface area contributed by atoms with Crippen LogP contribution in [0.15, 0.2) is 18.2 Å².